The Morgan fingerprint density at radius 2 is 0.763 bits per heavy atom. The fraction of sp³-hybridized carbons (Fsp3) is 0. The van der Waals surface area contributed by atoms with Gasteiger partial charge in [-0.15, -0.1) is 11.3 Å². The molecular weight excluding hydrogens is 733 g/mol. The van der Waals surface area contributed by atoms with Crippen LogP contribution in [0, 0.1) is 0 Å². The van der Waals surface area contributed by atoms with Gasteiger partial charge in [0.1, 0.15) is 0 Å². The average Bonchev–Trinajstić information content (AvgIpc) is 3.98. The molecule has 0 aliphatic rings. The van der Waals surface area contributed by atoms with E-state index in [1.54, 1.807) is 0 Å². The fourth-order valence-corrected chi connectivity index (χ4v) is 10.7. The Bertz CT molecular complexity index is 3500. The Hall–Kier alpha value is -7.46. The molecule has 12 rings (SSSR count). The molecule has 0 amide bonds. The molecule has 3 heteroatoms. The molecule has 9 aromatic carbocycles. The lowest BCUT2D eigenvalue weighted by Crippen LogP contribution is -2.00. The molecule has 0 aliphatic heterocycles. The topological polar surface area (TPSA) is 9.86 Å². The van der Waals surface area contributed by atoms with Crippen molar-refractivity contribution in [2.75, 3.05) is 0 Å². The highest BCUT2D eigenvalue weighted by Crippen LogP contribution is 2.48. The van der Waals surface area contributed by atoms with E-state index in [0.29, 0.717) is 0 Å². The van der Waals surface area contributed by atoms with Gasteiger partial charge < -0.3 is 9.13 Å². The summed E-state index contributed by atoms with van der Waals surface area (Å²) in [4.78, 5) is 0. The number of benzene rings is 9. The lowest BCUT2D eigenvalue weighted by molar-refractivity contribution is 1.12. The lowest BCUT2D eigenvalue weighted by Gasteiger charge is -2.15. The van der Waals surface area contributed by atoms with Crippen LogP contribution < -0.4 is 0 Å². The molecular formula is C56H36N2S. The Morgan fingerprint density at radius 3 is 1.41 bits per heavy atom. The largest absolute Gasteiger partial charge is 0.307 e. The summed E-state index contributed by atoms with van der Waals surface area (Å²) in [5.41, 5.74) is 15.6. The van der Waals surface area contributed by atoms with Crippen LogP contribution in [0.25, 0.3) is 109 Å². The Morgan fingerprint density at radius 1 is 0.288 bits per heavy atom. The lowest BCUT2D eigenvalue weighted by atomic mass is 9.98. The zero-order chi connectivity index (χ0) is 38.9. The number of thiophene rings is 1. The van der Waals surface area contributed by atoms with Gasteiger partial charge >= 0.3 is 0 Å². The summed E-state index contributed by atoms with van der Waals surface area (Å²) in [6, 6.07) is 79.7. The molecule has 0 spiro atoms. The quantitative estimate of drug-likeness (QED) is 0.159. The van der Waals surface area contributed by atoms with Gasteiger partial charge in [-0.3, -0.25) is 0 Å². The normalized spacial score (nSPS) is 11.7. The standard InChI is InChI=1S/C56H36N2S/c1-5-17-37(18-6-1)43-26-15-28-47-48-29-16-27-44(56(48)59-55(43)47)38-31-33-42(34-32-38)57-50-30-14-13-25-45(50)46-35-36-49-51(39-19-7-2-8-20-39)52(40-21-9-3-10-22-40)58(54(49)53(46)57)41-23-11-4-12-24-41/h1-36H. The van der Waals surface area contributed by atoms with Crippen LogP contribution in [0.3, 0.4) is 0 Å². The predicted octanol–water partition coefficient (Wildman–Crippen LogP) is 15.8. The number of aromatic nitrogens is 2. The predicted molar refractivity (Wildman–Crippen MR) is 252 cm³/mol. The van der Waals surface area contributed by atoms with Gasteiger partial charge in [-0.2, -0.15) is 0 Å². The van der Waals surface area contributed by atoms with Crippen LogP contribution >= 0.6 is 11.3 Å². The van der Waals surface area contributed by atoms with Crippen LogP contribution in [0.4, 0.5) is 0 Å². The Labute approximate surface area is 346 Å². The van der Waals surface area contributed by atoms with E-state index in [4.69, 9.17) is 0 Å². The summed E-state index contributed by atoms with van der Waals surface area (Å²) in [6.45, 7) is 0. The van der Waals surface area contributed by atoms with Crippen LogP contribution in [-0.2, 0) is 0 Å². The number of para-hydroxylation sites is 2. The van der Waals surface area contributed by atoms with E-state index >= 15 is 0 Å². The van der Waals surface area contributed by atoms with Crippen molar-refractivity contribution in [2.45, 2.75) is 0 Å². The first-order valence-electron chi connectivity index (χ1n) is 20.2. The maximum atomic E-state index is 2.50. The van der Waals surface area contributed by atoms with Gasteiger partial charge in [-0.05, 0) is 63.7 Å². The van der Waals surface area contributed by atoms with Crippen LogP contribution in [0.2, 0.25) is 0 Å². The van der Waals surface area contributed by atoms with Crippen LogP contribution in [0.1, 0.15) is 0 Å². The van der Waals surface area contributed by atoms with Gasteiger partial charge in [0.2, 0.25) is 0 Å². The number of rotatable bonds is 6. The van der Waals surface area contributed by atoms with Crippen molar-refractivity contribution >= 4 is 64.2 Å². The van der Waals surface area contributed by atoms with Crippen LogP contribution in [0.15, 0.2) is 218 Å². The second-order valence-electron chi connectivity index (χ2n) is 15.2. The minimum atomic E-state index is 1.13. The van der Waals surface area contributed by atoms with E-state index in [-0.39, 0.29) is 0 Å². The van der Waals surface area contributed by atoms with E-state index in [1.165, 1.54) is 97.5 Å². The maximum Gasteiger partial charge on any atom is 0.0789 e. The summed E-state index contributed by atoms with van der Waals surface area (Å²) < 4.78 is 7.65. The van der Waals surface area contributed by atoms with Gasteiger partial charge in [-0.1, -0.05) is 188 Å². The third-order valence-corrected chi connectivity index (χ3v) is 13.2. The second kappa shape index (κ2) is 13.6. The molecule has 0 fully saturated rings. The molecule has 0 N–H and O–H groups in total. The van der Waals surface area contributed by atoms with Gasteiger partial charge in [0.05, 0.1) is 22.2 Å². The zero-order valence-electron chi connectivity index (χ0n) is 32.1. The highest BCUT2D eigenvalue weighted by Gasteiger charge is 2.26. The van der Waals surface area contributed by atoms with Gasteiger partial charge in [-0.25, -0.2) is 0 Å². The summed E-state index contributed by atoms with van der Waals surface area (Å²) >= 11 is 1.90. The van der Waals surface area contributed by atoms with Crippen LogP contribution in [0.5, 0.6) is 0 Å². The van der Waals surface area contributed by atoms with Gasteiger partial charge in [0.15, 0.2) is 0 Å². The van der Waals surface area contributed by atoms with Crippen molar-refractivity contribution in [1.82, 2.24) is 9.13 Å². The van der Waals surface area contributed by atoms with Crippen molar-refractivity contribution in [1.29, 1.82) is 0 Å². The monoisotopic (exact) mass is 768 g/mol. The van der Waals surface area contributed by atoms with Crippen molar-refractivity contribution in [3.8, 4) is 56.0 Å². The van der Waals surface area contributed by atoms with Gasteiger partial charge in [0.25, 0.3) is 0 Å². The van der Waals surface area contributed by atoms with Crippen molar-refractivity contribution in [3.63, 3.8) is 0 Å². The number of hydrogen-bond acceptors (Lipinski definition) is 1. The second-order valence-corrected chi connectivity index (χ2v) is 16.2. The Balaban J connectivity index is 1.12. The number of fused-ring (bicyclic) bond motifs is 8. The minimum absolute atomic E-state index is 1.13. The van der Waals surface area contributed by atoms with Crippen LogP contribution in [-0.4, -0.2) is 9.13 Å². The molecule has 59 heavy (non-hydrogen) atoms. The summed E-state index contributed by atoms with van der Waals surface area (Å²) in [5, 5.41) is 6.30. The van der Waals surface area contributed by atoms with Gasteiger partial charge in [0, 0.05) is 53.3 Å². The molecule has 3 aromatic heterocycles. The summed E-state index contributed by atoms with van der Waals surface area (Å²) in [5.74, 6) is 0. The first kappa shape index (κ1) is 33.7. The molecule has 3 heterocycles. The maximum absolute atomic E-state index is 2.50. The molecule has 0 bridgehead atoms. The van der Waals surface area contributed by atoms with E-state index < -0.39 is 0 Å². The SMILES string of the molecule is c1ccc(-c2c(-c3ccccc3)n(-c3ccccc3)c3c2ccc2c4ccccc4n(-c4ccc(-c5cccc6c5sc5c(-c7ccccc7)cccc56)cc4)c23)cc1. The molecule has 2 nitrogen and oxygen atoms in total. The average molecular weight is 769 g/mol. The van der Waals surface area contributed by atoms with E-state index in [2.05, 4.69) is 228 Å². The molecule has 0 saturated heterocycles. The molecule has 12 aromatic rings. The van der Waals surface area contributed by atoms with Crippen molar-refractivity contribution in [3.05, 3.63) is 218 Å². The molecule has 0 unspecified atom stereocenters. The highest BCUT2D eigenvalue weighted by molar-refractivity contribution is 7.26. The molecule has 0 saturated carbocycles. The van der Waals surface area contributed by atoms with Crippen molar-refractivity contribution < 1.29 is 0 Å². The third kappa shape index (κ3) is 5.25. The van der Waals surface area contributed by atoms with E-state index in [0.717, 1.165) is 11.4 Å². The molecule has 0 aliphatic carbocycles. The first-order chi connectivity index (χ1) is 29.3. The zero-order valence-corrected chi connectivity index (χ0v) is 32.9. The highest BCUT2D eigenvalue weighted by atomic mass is 32.1. The summed E-state index contributed by atoms with van der Waals surface area (Å²) in [6.07, 6.45) is 0. The third-order valence-electron chi connectivity index (χ3n) is 11.9. The minimum Gasteiger partial charge on any atom is -0.307 e. The smallest absolute Gasteiger partial charge is 0.0789 e. The fourth-order valence-electron chi connectivity index (χ4n) is 9.37. The Kier molecular flexibility index (Phi) is 7.75. The first-order valence-corrected chi connectivity index (χ1v) is 21.0. The summed E-state index contributed by atoms with van der Waals surface area (Å²) in [7, 11) is 0. The molecule has 0 atom stereocenters. The molecule has 0 radical (unpaired) electrons. The van der Waals surface area contributed by atoms with Crippen molar-refractivity contribution in [2.24, 2.45) is 0 Å². The number of hydrogen-bond donors (Lipinski definition) is 0. The number of nitrogens with zero attached hydrogens (tertiary/aromatic N) is 2. The van der Waals surface area contributed by atoms with E-state index in [9.17, 15) is 0 Å². The molecule has 276 valence electrons. The van der Waals surface area contributed by atoms with E-state index in [1.807, 2.05) is 11.3 Å².